The molecule has 12 heteroatoms. The molecule has 0 aromatic carbocycles. The highest BCUT2D eigenvalue weighted by molar-refractivity contribution is 6.35. The number of hydrogen-bond donors (Lipinski definition) is 1. The van der Waals surface area contributed by atoms with Gasteiger partial charge in [0.05, 0.1) is 11.4 Å². The summed E-state index contributed by atoms with van der Waals surface area (Å²) < 4.78 is 84.4. The van der Waals surface area contributed by atoms with Crippen LogP contribution in [0.4, 0.5) is 26.3 Å². The van der Waals surface area contributed by atoms with Crippen molar-refractivity contribution in [1.82, 2.24) is 19.9 Å². The van der Waals surface area contributed by atoms with Crippen molar-refractivity contribution in [3.63, 3.8) is 0 Å². The molecule has 166 valence electrons. The summed E-state index contributed by atoms with van der Waals surface area (Å²) in [7, 11) is 0. The summed E-state index contributed by atoms with van der Waals surface area (Å²) in [6, 6.07) is 1.63. The zero-order valence-electron chi connectivity index (χ0n) is 15.7. The Morgan fingerprint density at radius 2 is 1.74 bits per heavy atom. The van der Waals surface area contributed by atoms with E-state index < -0.39 is 35.8 Å². The maximum atomic E-state index is 13.5. The Balaban J connectivity index is 1.66. The number of nitrogens with zero attached hydrogens (tertiary/aromatic N) is 3. The molecule has 0 unspecified atom stereocenters. The summed E-state index contributed by atoms with van der Waals surface area (Å²) in [4.78, 5) is 14.6. The number of halogens is 7. The maximum absolute atomic E-state index is 13.5. The normalized spacial score (nSPS) is 20.2. The van der Waals surface area contributed by atoms with Crippen LogP contribution < -0.4 is 4.74 Å². The lowest BCUT2D eigenvalue weighted by Gasteiger charge is -2.30. The fourth-order valence-corrected chi connectivity index (χ4v) is 3.92. The number of H-pyrrole nitrogens is 1. The zero-order valence-corrected chi connectivity index (χ0v) is 16.4. The van der Waals surface area contributed by atoms with Crippen LogP contribution in [0.3, 0.4) is 0 Å². The van der Waals surface area contributed by atoms with Gasteiger partial charge in [-0.2, -0.15) is 31.3 Å². The fraction of sp³-hybridized carbons (Fsp3) is 0.421. The third-order valence-electron chi connectivity index (χ3n) is 5.26. The van der Waals surface area contributed by atoms with Crippen molar-refractivity contribution in [1.29, 1.82) is 0 Å². The highest BCUT2D eigenvalue weighted by Gasteiger charge is 2.43. The number of ether oxygens (including phenoxy) is 1. The van der Waals surface area contributed by atoms with Gasteiger partial charge in [-0.3, -0.25) is 0 Å². The van der Waals surface area contributed by atoms with Crippen LogP contribution in [0.2, 0.25) is 5.15 Å². The van der Waals surface area contributed by atoms with Crippen LogP contribution in [0.25, 0.3) is 22.3 Å². The van der Waals surface area contributed by atoms with Gasteiger partial charge >= 0.3 is 12.4 Å². The van der Waals surface area contributed by atoms with Crippen LogP contribution in [0.5, 0.6) is 5.88 Å². The summed E-state index contributed by atoms with van der Waals surface area (Å²) in [5.41, 5.74) is -0.280. The van der Waals surface area contributed by atoms with Gasteiger partial charge in [-0.25, -0.2) is 9.97 Å². The van der Waals surface area contributed by atoms with Gasteiger partial charge in [-0.05, 0) is 31.7 Å². The van der Waals surface area contributed by atoms with Crippen LogP contribution in [-0.2, 0) is 6.18 Å². The largest absolute Gasteiger partial charge is 0.474 e. The van der Waals surface area contributed by atoms with E-state index in [0.29, 0.717) is 22.7 Å². The Kier molecular flexibility index (Phi) is 5.48. The molecule has 1 N–H and O–H groups in total. The van der Waals surface area contributed by atoms with Gasteiger partial charge in [0.2, 0.25) is 5.88 Å². The van der Waals surface area contributed by atoms with Crippen molar-refractivity contribution in [2.75, 3.05) is 0 Å². The first-order chi connectivity index (χ1) is 14.5. The van der Waals surface area contributed by atoms with Crippen LogP contribution >= 0.6 is 11.6 Å². The first-order valence-electron chi connectivity index (χ1n) is 9.33. The standard InChI is InChI=1S/C19H15ClF6N4O/c20-15-14-11(7-28-13(14)5-6-27-15)16-29-8-12(19(24,25)26)17(30-16)31-10-3-1-9(2-4-10)18(21,22)23/h5-10,28H,1-4H2. The van der Waals surface area contributed by atoms with E-state index in [0.717, 1.165) is 0 Å². The van der Waals surface area contributed by atoms with Gasteiger partial charge in [-0.1, -0.05) is 11.6 Å². The number of pyridine rings is 1. The lowest BCUT2D eigenvalue weighted by Crippen LogP contribution is -2.32. The molecule has 4 rings (SSSR count). The van der Waals surface area contributed by atoms with Gasteiger partial charge in [0.15, 0.2) is 5.82 Å². The third-order valence-corrected chi connectivity index (χ3v) is 5.55. The fourth-order valence-electron chi connectivity index (χ4n) is 3.66. The molecule has 1 aliphatic rings. The van der Waals surface area contributed by atoms with Crippen molar-refractivity contribution in [3.8, 4) is 17.3 Å². The molecule has 0 radical (unpaired) electrons. The number of fused-ring (bicyclic) bond motifs is 1. The van der Waals surface area contributed by atoms with Crippen LogP contribution in [0, 0.1) is 5.92 Å². The summed E-state index contributed by atoms with van der Waals surface area (Å²) in [5.74, 6) is -2.27. The second-order valence-corrected chi connectivity index (χ2v) is 7.63. The second kappa shape index (κ2) is 7.85. The van der Waals surface area contributed by atoms with E-state index >= 15 is 0 Å². The molecule has 31 heavy (non-hydrogen) atoms. The van der Waals surface area contributed by atoms with Gasteiger partial charge in [0.25, 0.3) is 0 Å². The molecule has 5 nitrogen and oxygen atoms in total. The monoisotopic (exact) mass is 464 g/mol. The molecule has 1 fully saturated rings. The molecule has 3 aromatic heterocycles. The molecular formula is C19H15ClF6N4O. The number of hydrogen-bond acceptors (Lipinski definition) is 4. The van der Waals surface area contributed by atoms with Crippen LogP contribution in [0.1, 0.15) is 31.2 Å². The summed E-state index contributed by atoms with van der Waals surface area (Å²) in [5, 5.41) is 0.547. The van der Waals surface area contributed by atoms with Crippen molar-refractivity contribution in [2.45, 2.75) is 44.1 Å². The molecule has 3 aromatic rings. The minimum absolute atomic E-state index is 0.0242. The van der Waals surface area contributed by atoms with E-state index in [1.807, 2.05) is 0 Å². The average molecular weight is 465 g/mol. The Morgan fingerprint density at radius 1 is 1.03 bits per heavy atom. The van der Waals surface area contributed by atoms with E-state index in [9.17, 15) is 26.3 Å². The summed E-state index contributed by atoms with van der Waals surface area (Å²) in [6.07, 6.45) is -6.85. The van der Waals surface area contributed by atoms with Crippen molar-refractivity contribution >= 4 is 22.5 Å². The maximum Gasteiger partial charge on any atom is 0.423 e. The first kappa shape index (κ1) is 21.7. The third kappa shape index (κ3) is 4.41. The number of rotatable bonds is 3. The molecule has 0 spiro atoms. The second-order valence-electron chi connectivity index (χ2n) is 7.27. The van der Waals surface area contributed by atoms with Gasteiger partial charge in [-0.15, -0.1) is 0 Å². The zero-order chi connectivity index (χ0) is 22.4. The Labute approximate surface area is 176 Å². The minimum atomic E-state index is -4.80. The van der Waals surface area contributed by atoms with E-state index in [4.69, 9.17) is 16.3 Å². The quantitative estimate of drug-likeness (QED) is 0.371. The van der Waals surface area contributed by atoms with Crippen molar-refractivity contribution in [2.24, 2.45) is 5.92 Å². The molecule has 0 saturated heterocycles. The number of alkyl halides is 6. The highest BCUT2D eigenvalue weighted by Crippen LogP contribution is 2.41. The molecule has 1 aliphatic carbocycles. The molecule has 0 amide bonds. The Hall–Kier alpha value is -2.56. The minimum Gasteiger partial charge on any atom is -0.474 e. The van der Waals surface area contributed by atoms with Gasteiger partial charge < -0.3 is 9.72 Å². The van der Waals surface area contributed by atoms with E-state index in [1.54, 1.807) is 6.07 Å². The van der Waals surface area contributed by atoms with E-state index in [-0.39, 0.29) is 36.7 Å². The number of aromatic amines is 1. The van der Waals surface area contributed by atoms with Crippen LogP contribution in [-0.4, -0.2) is 32.2 Å². The molecule has 0 bridgehead atoms. The number of nitrogens with one attached hydrogen (secondary N) is 1. The molecule has 1 saturated carbocycles. The molecular weight excluding hydrogens is 450 g/mol. The van der Waals surface area contributed by atoms with Gasteiger partial charge in [0.1, 0.15) is 16.8 Å². The van der Waals surface area contributed by atoms with Crippen LogP contribution in [0.15, 0.2) is 24.7 Å². The smallest absolute Gasteiger partial charge is 0.423 e. The van der Waals surface area contributed by atoms with E-state index in [1.165, 1.54) is 12.4 Å². The van der Waals surface area contributed by atoms with Crippen molar-refractivity contribution < 1.29 is 31.1 Å². The summed E-state index contributed by atoms with van der Waals surface area (Å²) >= 11 is 6.11. The molecule has 3 heterocycles. The molecule has 0 atom stereocenters. The van der Waals surface area contributed by atoms with Gasteiger partial charge in [0, 0.05) is 29.5 Å². The first-order valence-corrected chi connectivity index (χ1v) is 9.71. The van der Waals surface area contributed by atoms with Crippen molar-refractivity contribution in [3.05, 3.63) is 35.4 Å². The predicted octanol–water partition coefficient (Wildman–Crippen LogP) is 6.19. The Bertz CT molecular complexity index is 1090. The average Bonchev–Trinajstić information content (AvgIpc) is 3.12. The predicted molar refractivity (Wildman–Crippen MR) is 99.6 cm³/mol. The topological polar surface area (TPSA) is 63.7 Å². The Morgan fingerprint density at radius 3 is 2.39 bits per heavy atom. The lowest BCUT2D eigenvalue weighted by molar-refractivity contribution is -0.185. The summed E-state index contributed by atoms with van der Waals surface area (Å²) in [6.45, 7) is 0. The number of aromatic nitrogens is 4. The lowest BCUT2D eigenvalue weighted by atomic mass is 9.87. The van der Waals surface area contributed by atoms with E-state index in [2.05, 4.69) is 19.9 Å². The highest BCUT2D eigenvalue weighted by atomic mass is 35.5. The SMILES string of the molecule is FC(F)(F)c1cnc(-c2c[nH]c3ccnc(Cl)c23)nc1OC1CCC(C(F)(F)F)CC1. The molecule has 0 aliphatic heterocycles.